The second-order valence-corrected chi connectivity index (χ2v) is 6.52. The molecule has 3 rings (SSSR count). The van der Waals surface area contributed by atoms with Gasteiger partial charge in [0.05, 0.1) is 24.7 Å². The number of nitrogens with one attached hydrogen (secondary N) is 1. The number of hydrogen-bond donors (Lipinski definition) is 1. The van der Waals surface area contributed by atoms with Crippen LogP contribution < -0.4 is 5.32 Å². The predicted octanol–water partition coefficient (Wildman–Crippen LogP) is 2.90. The number of fused-ring (bicyclic) bond motifs is 1. The van der Waals surface area contributed by atoms with Gasteiger partial charge in [0.15, 0.2) is 5.65 Å². The van der Waals surface area contributed by atoms with Crippen molar-refractivity contribution in [2.24, 2.45) is 5.92 Å². The molecule has 3 heterocycles. The average Bonchev–Trinajstić information content (AvgIpc) is 3.21. The van der Waals surface area contributed by atoms with E-state index >= 15 is 0 Å². The fourth-order valence-electron chi connectivity index (χ4n) is 2.98. The molecule has 7 nitrogen and oxygen atoms in total. The summed E-state index contributed by atoms with van der Waals surface area (Å²) in [5.41, 5.74) is 1.52. The lowest BCUT2D eigenvalue weighted by Gasteiger charge is -2.24. The third-order valence-electron chi connectivity index (χ3n) is 4.35. The van der Waals surface area contributed by atoms with Crippen LogP contribution in [0.3, 0.4) is 0 Å². The van der Waals surface area contributed by atoms with E-state index in [0.717, 1.165) is 37.2 Å². The Morgan fingerprint density at radius 3 is 3.00 bits per heavy atom. The van der Waals surface area contributed by atoms with Crippen molar-refractivity contribution in [2.75, 3.05) is 31.6 Å². The van der Waals surface area contributed by atoms with Gasteiger partial charge in [-0.05, 0) is 33.3 Å². The quantitative estimate of drug-likeness (QED) is 0.914. The van der Waals surface area contributed by atoms with Crippen molar-refractivity contribution in [3.05, 3.63) is 18.5 Å². The van der Waals surface area contributed by atoms with E-state index in [4.69, 9.17) is 4.74 Å². The zero-order valence-corrected chi connectivity index (χ0v) is 14.5. The van der Waals surface area contributed by atoms with Crippen LogP contribution in [0.5, 0.6) is 0 Å². The number of rotatable bonds is 5. The van der Waals surface area contributed by atoms with Crippen molar-refractivity contribution in [2.45, 2.75) is 33.2 Å². The molecule has 1 atom stereocenters. The molecule has 0 aliphatic carbocycles. The van der Waals surface area contributed by atoms with Crippen molar-refractivity contribution in [1.29, 1.82) is 0 Å². The Balaban J connectivity index is 1.69. The van der Waals surface area contributed by atoms with Crippen molar-refractivity contribution in [3.8, 4) is 0 Å². The van der Waals surface area contributed by atoms with Crippen LogP contribution in [0.2, 0.25) is 0 Å². The second-order valence-electron chi connectivity index (χ2n) is 6.52. The Bertz CT molecular complexity index is 706. The maximum Gasteiger partial charge on any atom is 0.321 e. The van der Waals surface area contributed by atoms with Crippen molar-refractivity contribution in [1.82, 2.24) is 19.7 Å². The summed E-state index contributed by atoms with van der Waals surface area (Å²) in [6, 6.07) is 2.07. The number of amides is 2. The van der Waals surface area contributed by atoms with Gasteiger partial charge in [0, 0.05) is 37.0 Å². The van der Waals surface area contributed by atoms with E-state index in [1.54, 1.807) is 12.4 Å². The van der Waals surface area contributed by atoms with Crippen molar-refractivity contribution >= 4 is 22.8 Å². The van der Waals surface area contributed by atoms with Crippen LogP contribution in [0, 0.1) is 5.92 Å². The van der Waals surface area contributed by atoms with Gasteiger partial charge >= 0.3 is 6.03 Å². The van der Waals surface area contributed by atoms with E-state index < -0.39 is 0 Å². The molecule has 1 N–H and O–H groups in total. The van der Waals surface area contributed by atoms with Crippen LogP contribution in [0.4, 0.5) is 10.5 Å². The largest absolute Gasteiger partial charge is 0.381 e. The highest BCUT2D eigenvalue weighted by Gasteiger charge is 2.21. The first-order chi connectivity index (χ1) is 11.6. The highest BCUT2D eigenvalue weighted by molar-refractivity contribution is 5.91. The van der Waals surface area contributed by atoms with Crippen LogP contribution >= 0.6 is 0 Å². The van der Waals surface area contributed by atoms with E-state index in [1.807, 2.05) is 22.6 Å². The molecular formula is C17H25N5O2. The molecule has 24 heavy (non-hydrogen) atoms. The average molecular weight is 331 g/mol. The molecule has 0 saturated carbocycles. The Kier molecular flexibility index (Phi) is 4.99. The van der Waals surface area contributed by atoms with Crippen LogP contribution in [0.1, 0.15) is 33.2 Å². The number of anilines is 1. The van der Waals surface area contributed by atoms with Crippen molar-refractivity contribution in [3.63, 3.8) is 0 Å². The highest BCUT2D eigenvalue weighted by atomic mass is 16.5. The number of carbonyl (C=O) groups is 1. The van der Waals surface area contributed by atoms with Gasteiger partial charge in [-0.1, -0.05) is 0 Å². The minimum Gasteiger partial charge on any atom is -0.381 e. The molecule has 2 aromatic rings. The summed E-state index contributed by atoms with van der Waals surface area (Å²) in [6.45, 7) is 9.05. The zero-order valence-electron chi connectivity index (χ0n) is 14.5. The third kappa shape index (κ3) is 3.51. The first-order valence-electron chi connectivity index (χ1n) is 8.55. The summed E-state index contributed by atoms with van der Waals surface area (Å²) in [7, 11) is 0. The predicted molar refractivity (Wildman–Crippen MR) is 93.1 cm³/mol. The second kappa shape index (κ2) is 7.17. The van der Waals surface area contributed by atoms with Gasteiger partial charge < -0.3 is 15.0 Å². The normalized spacial score (nSPS) is 17.6. The summed E-state index contributed by atoms with van der Waals surface area (Å²) >= 11 is 0. The van der Waals surface area contributed by atoms with Gasteiger partial charge in [0.2, 0.25) is 0 Å². The molecule has 1 aliphatic rings. The molecule has 1 saturated heterocycles. The van der Waals surface area contributed by atoms with E-state index in [0.29, 0.717) is 18.2 Å². The van der Waals surface area contributed by atoms with Crippen LogP contribution in [0.25, 0.3) is 11.0 Å². The van der Waals surface area contributed by atoms with E-state index in [-0.39, 0.29) is 12.1 Å². The fourth-order valence-corrected chi connectivity index (χ4v) is 2.98. The van der Waals surface area contributed by atoms with E-state index in [9.17, 15) is 4.79 Å². The van der Waals surface area contributed by atoms with Gasteiger partial charge in [0.25, 0.3) is 0 Å². The summed E-state index contributed by atoms with van der Waals surface area (Å²) in [4.78, 5) is 18.8. The van der Waals surface area contributed by atoms with E-state index in [2.05, 4.69) is 29.2 Å². The molecule has 7 heteroatoms. The van der Waals surface area contributed by atoms with Crippen LogP contribution in [-0.2, 0) is 4.74 Å². The molecule has 2 aromatic heterocycles. The van der Waals surface area contributed by atoms with E-state index in [1.165, 1.54) is 0 Å². The Morgan fingerprint density at radius 2 is 2.33 bits per heavy atom. The number of carbonyl (C=O) groups excluding carboxylic acids is 1. The Hall–Kier alpha value is -2.15. The van der Waals surface area contributed by atoms with Gasteiger partial charge in [-0.3, -0.25) is 0 Å². The molecule has 0 unspecified atom stereocenters. The number of nitrogens with zero attached hydrogens (tertiary/aromatic N) is 4. The summed E-state index contributed by atoms with van der Waals surface area (Å²) < 4.78 is 7.27. The molecule has 0 radical (unpaired) electrons. The molecule has 1 aliphatic heterocycles. The fraction of sp³-hybridized carbons (Fsp3) is 0.588. The van der Waals surface area contributed by atoms with Gasteiger partial charge in [0.1, 0.15) is 0 Å². The topological polar surface area (TPSA) is 72.3 Å². The number of urea groups is 1. The molecule has 1 fully saturated rings. The lowest BCUT2D eigenvalue weighted by Crippen LogP contribution is -2.38. The monoisotopic (exact) mass is 331 g/mol. The number of ether oxygens (including phenoxy) is 1. The van der Waals surface area contributed by atoms with Gasteiger partial charge in [-0.25, -0.2) is 14.5 Å². The summed E-state index contributed by atoms with van der Waals surface area (Å²) in [5, 5.41) is 8.22. The van der Waals surface area contributed by atoms with Crippen LogP contribution in [-0.4, -0.2) is 52.0 Å². The molecule has 2 amide bonds. The highest BCUT2D eigenvalue weighted by Crippen LogP contribution is 2.20. The first kappa shape index (κ1) is 16.7. The molecule has 0 bridgehead atoms. The summed E-state index contributed by atoms with van der Waals surface area (Å²) in [5.74, 6) is 0.431. The van der Waals surface area contributed by atoms with Crippen LogP contribution in [0.15, 0.2) is 18.5 Å². The molecule has 0 spiro atoms. The Morgan fingerprint density at radius 1 is 1.50 bits per heavy atom. The number of hydrogen-bond acceptors (Lipinski definition) is 4. The number of aromatic nitrogens is 3. The standard InChI is InChI=1S/C17H25N5O2/c1-4-21(10-13-5-6-24-11-13)17(23)20-15-7-14-8-19-22(12(2)3)16(14)18-9-15/h7-9,12-13H,4-6,10-11H2,1-3H3,(H,20,23)/t13-/m1/s1. The SMILES string of the molecule is CCN(C[C@H]1CCOC1)C(=O)Nc1cnc2c(cnn2C(C)C)c1. The zero-order chi connectivity index (χ0) is 17.1. The number of pyridine rings is 1. The lowest BCUT2D eigenvalue weighted by atomic mass is 10.1. The van der Waals surface area contributed by atoms with Gasteiger partial charge in [-0.15, -0.1) is 0 Å². The van der Waals surface area contributed by atoms with Gasteiger partial charge in [-0.2, -0.15) is 5.10 Å². The smallest absolute Gasteiger partial charge is 0.321 e. The molecule has 130 valence electrons. The lowest BCUT2D eigenvalue weighted by molar-refractivity contribution is 0.171. The molecule has 0 aromatic carbocycles. The summed E-state index contributed by atoms with van der Waals surface area (Å²) in [6.07, 6.45) is 4.49. The minimum absolute atomic E-state index is 0.0956. The minimum atomic E-state index is -0.0956. The molecular weight excluding hydrogens is 306 g/mol. The Labute approximate surface area is 142 Å². The first-order valence-corrected chi connectivity index (χ1v) is 8.55. The third-order valence-corrected chi connectivity index (χ3v) is 4.35. The van der Waals surface area contributed by atoms with Crippen molar-refractivity contribution < 1.29 is 9.53 Å². The maximum absolute atomic E-state index is 12.5. The maximum atomic E-state index is 12.5.